The van der Waals surface area contributed by atoms with Crippen molar-refractivity contribution in [1.82, 2.24) is 14.5 Å². The number of fused-ring (bicyclic) bond motifs is 1. The van der Waals surface area contributed by atoms with Gasteiger partial charge < -0.3 is 9.47 Å². The Balaban J connectivity index is 1.81. The topological polar surface area (TPSA) is 38.1 Å². The number of nitrogens with zero attached hydrogens (tertiary/aromatic N) is 3. The second-order valence-corrected chi connectivity index (χ2v) is 6.76. The van der Waals surface area contributed by atoms with Crippen molar-refractivity contribution in [2.24, 2.45) is 0 Å². The van der Waals surface area contributed by atoms with Crippen LogP contribution in [0.2, 0.25) is 0 Å². The Morgan fingerprint density at radius 1 is 1.04 bits per heavy atom. The van der Waals surface area contributed by atoms with Crippen LogP contribution in [0.25, 0.3) is 11.0 Å². The molecule has 0 radical (unpaired) electrons. The highest BCUT2D eigenvalue weighted by molar-refractivity contribution is 5.81. The molecule has 1 amide bonds. The molecule has 0 fully saturated rings. The average Bonchev–Trinajstić information content (AvgIpc) is 3.02. The molecule has 0 saturated carbocycles. The van der Waals surface area contributed by atoms with Crippen molar-refractivity contribution in [1.29, 1.82) is 0 Å². The number of imidazole rings is 1. The van der Waals surface area contributed by atoms with Crippen molar-refractivity contribution >= 4 is 16.9 Å². The Bertz CT molecular complexity index is 854. The molecule has 3 aromatic rings. The molecular weight excluding hydrogens is 322 g/mol. The number of hydrogen-bond donors (Lipinski definition) is 0. The fourth-order valence-corrected chi connectivity index (χ4v) is 3.17. The third-order valence-corrected chi connectivity index (χ3v) is 4.78. The summed E-state index contributed by atoms with van der Waals surface area (Å²) in [5.74, 6) is 1.12. The molecule has 0 aliphatic heterocycles. The molecule has 1 aromatic heterocycles. The van der Waals surface area contributed by atoms with Gasteiger partial charge in [0, 0.05) is 20.0 Å². The van der Waals surface area contributed by atoms with Crippen LogP contribution in [0.5, 0.6) is 0 Å². The average molecular weight is 349 g/mol. The minimum absolute atomic E-state index is 0.141. The zero-order valence-electron chi connectivity index (χ0n) is 15.7. The summed E-state index contributed by atoms with van der Waals surface area (Å²) < 4.78 is 2.09. The molecule has 0 spiro atoms. The number of amides is 1. The van der Waals surface area contributed by atoms with Crippen LogP contribution in [0, 0.1) is 0 Å². The summed E-state index contributed by atoms with van der Waals surface area (Å²) in [7, 11) is 1.89. The Morgan fingerprint density at radius 3 is 2.54 bits per heavy atom. The predicted octanol–water partition coefficient (Wildman–Crippen LogP) is 4.08. The fourth-order valence-electron chi connectivity index (χ4n) is 3.17. The molecular formula is C22H27N3O. The quantitative estimate of drug-likeness (QED) is 0.614. The van der Waals surface area contributed by atoms with Gasteiger partial charge in [-0.3, -0.25) is 4.79 Å². The third kappa shape index (κ3) is 4.31. The van der Waals surface area contributed by atoms with Gasteiger partial charge >= 0.3 is 0 Å². The number of aryl methyl sites for hydroxylation is 2. The van der Waals surface area contributed by atoms with Gasteiger partial charge in [0.05, 0.1) is 11.0 Å². The van der Waals surface area contributed by atoms with Crippen LogP contribution in [0.3, 0.4) is 0 Å². The van der Waals surface area contributed by atoms with Crippen molar-refractivity contribution in [3.8, 4) is 0 Å². The number of likely N-dealkylation sites (N-methyl/N-ethyl adjacent to an activating group) is 1. The molecule has 1 heterocycles. The molecule has 136 valence electrons. The number of para-hydroxylation sites is 2. The lowest BCUT2D eigenvalue weighted by Crippen LogP contribution is -2.31. The molecule has 0 atom stereocenters. The summed E-state index contributed by atoms with van der Waals surface area (Å²) in [6.45, 7) is 3.30. The standard InChI is InChI=1S/C22H27N3O/c1-3-4-16-24(2)22(26)17-25-20-13-9-8-12-19(20)23-21(25)15-14-18-10-6-5-7-11-18/h5-13H,3-4,14-17H2,1-2H3. The molecule has 0 aliphatic carbocycles. The maximum absolute atomic E-state index is 12.7. The van der Waals surface area contributed by atoms with Crippen molar-refractivity contribution in [3.63, 3.8) is 0 Å². The van der Waals surface area contributed by atoms with Gasteiger partial charge in [-0.05, 0) is 30.5 Å². The smallest absolute Gasteiger partial charge is 0.242 e. The van der Waals surface area contributed by atoms with E-state index >= 15 is 0 Å². The van der Waals surface area contributed by atoms with Gasteiger partial charge in [0.25, 0.3) is 0 Å². The first-order valence-corrected chi connectivity index (χ1v) is 9.41. The van der Waals surface area contributed by atoms with Crippen LogP contribution in [0.15, 0.2) is 54.6 Å². The Kier molecular flexibility index (Phi) is 6.05. The highest BCUT2D eigenvalue weighted by Crippen LogP contribution is 2.18. The number of hydrogen-bond acceptors (Lipinski definition) is 2. The SMILES string of the molecule is CCCCN(C)C(=O)Cn1c(CCc2ccccc2)nc2ccccc21. The zero-order chi connectivity index (χ0) is 18.4. The van der Waals surface area contributed by atoms with E-state index in [9.17, 15) is 4.79 Å². The molecule has 2 aromatic carbocycles. The lowest BCUT2D eigenvalue weighted by atomic mass is 10.1. The molecule has 0 N–H and O–H groups in total. The monoisotopic (exact) mass is 349 g/mol. The predicted molar refractivity (Wildman–Crippen MR) is 106 cm³/mol. The second kappa shape index (κ2) is 8.65. The molecule has 0 bridgehead atoms. The van der Waals surface area contributed by atoms with Crippen LogP contribution >= 0.6 is 0 Å². The summed E-state index contributed by atoms with van der Waals surface area (Å²) >= 11 is 0. The molecule has 0 saturated heterocycles. The summed E-state index contributed by atoms with van der Waals surface area (Å²) in [5, 5.41) is 0. The lowest BCUT2D eigenvalue weighted by molar-refractivity contribution is -0.130. The van der Waals surface area contributed by atoms with Gasteiger partial charge in [-0.1, -0.05) is 55.8 Å². The Morgan fingerprint density at radius 2 is 1.77 bits per heavy atom. The van der Waals surface area contributed by atoms with Crippen LogP contribution in [0.1, 0.15) is 31.2 Å². The van der Waals surface area contributed by atoms with Crippen LogP contribution in [-0.4, -0.2) is 34.0 Å². The van der Waals surface area contributed by atoms with E-state index in [0.717, 1.165) is 49.1 Å². The molecule has 26 heavy (non-hydrogen) atoms. The first-order chi connectivity index (χ1) is 12.7. The normalized spacial score (nSPS) is 11.0. The molecule has 4 nitrogen and oxygen atoms in total. The van der Waals surface area contributed by atoms with Crippen molar-refractivity contribution in [3.05, 3.63) is 66.0 Å². The van der Waals surface area contributed by atoms with E-state index in [4.69, 9.17) is 4.98 Å². The van der Waals surface area contributed by atoms with E-state index in [1.807, 2.05) is 42.3 Å². The van der Waals surface area contributed by atoms with Crippen LogP contribution < -0.4 is 0 Å². The first-order valence-electron chi connectivity index (χ1n) is 9.41. The Labute approximate surface area is 155 Å². The minimum atomic E-state index is 0.141. The minimum Gasteiger partial charge on any atom is -0.344 e. The van der Waals surface area contributed by atoms with Crippen molar-refractivity contribution in [2.75, 3.05) is 13.6 Å². The van der Waals surface area contributed by atoms with Crippen LogP contribution in [-0.2, 0) is 24.2 Å². The van der Waals surface area contributed by atoms with E-state index in [1.165, 1.54) is 5.56 Å². The maximum atomic E-state index is 12.7. The van der Waals surface area contributed by atoms with Gasteiger partial charge in [0.1, 0.15) is 12.4 Å². The van der Waals surface area contributed by atoms with E-state index in [-0.39, 0.29) is 5.91 Å². The maximum Gasteiger partial charge on any atom is 0.242 e. The van der Waals surface area contributed by atoms with E-state index in [0.29, 0.717) is 6.54 Å². The van der Waals surface area contributed by atoms with E-state index < -0.39 is 0 Å². The fraction of sp³-hybridized carbons (Fsp3) is 0.364. The second-order valence-electron chi connectivity index (χ2n) is 6.76. The highest BCUT2D eigenvalue weighted by atomic mass is 16.2. The number of carbonyl (C=O) groups excluding carboxylic acids is 1. The number of benzene rings is 2. The Hall–Kier alpha value is -2.62. The molecule has 3 rings (SSSR count). The van der Waals surface area contributed by atoms with Gasteiger partial charge in [0.15, 0.2) is 0 Å². The molecule has 0 unspecified atom stereocenters. The summed E-state index contributed by atoms with van der Waals surface area (Å²) in [6.07, 6.45) is 3.87. The van der Waals surface area contributed by atoms with Crippen LogP contribution in [0.4, 0.5) is 0 Å². The number of rotatable bonds is 8. The first kappa shape index (κ1) is 18.2. The molecule has 4 heteroatoms. The summed E-state index contributed by atoms with van der Waals surface area (Å²) in [4.78, 5) is 19.3. The van der Waals surface area contributed by atoms with Gasteiger partial charge in [-0.25, -0.2) is 4.98 Å². The van der Waals surface area contributed by atoms with E-state index in [2.05, 4.69) is 35.8 Å². The lowest BCUT2D eigenvalue weighted by Gasteiger charge is -2.18. The number of aromatic nitrogens is 2. The van der Waals surface area contributed by atoms with Gasteiger partial charge in [-0.15, -0.1) is 0 Å². The van der Waals surface area contributed by atoms with Crippen molar-refractivity contribution < 1.29 is 4.79 Å². The van der Waals surface area contributed by atoms with Gasteiger partial charge in [0.2, 0.25) is 5.91 Å². The van der Waals surface area contributed by atoms with E-state index in [1.54, 1.807) is 0 Å². The highest BCUT2D eigenvalue weighted by Gasteiger charge is 2.15. The van der Waals surface area contributed by atoms with Crippen molar-refractivity contribution in [2.45, 2.75) is 39.2 Å². The number of carbonyl (C=O) groups is 1. The summed E-state index contributed by atoms with van der Waals surface area (Å²) in [6, 6.07) is 18.5. The third-order valence-electron chi connectivity index (χ3n) is 4.78. The zero-order valence-corrected chi connectivity index (χ0v) is 15.7. The molecule has 0 aliphatic rings. The number of unbranched alkanes of at least 4 members (excludes halogenated alkanes) is 1. The summed E-state index contributed by atoms with van der Waals surface area (Å²) in [5.41, 5.74) is 3.28. The van der Waals surface area contributed by atoms with Gasteiger partial charge in [-0.2, -0.15) is 0 Å². The largest absolute Gasteiger partial charge is 0.344 e.